The van der Waals surface area contributed by atoms with Crippen molar-refractivity contribution < 1.29 is 14.4 Å². The van der Waals surface area contributed by atoms with Gasteiger partial charge in [0, 0.05) is 22.6 Å². The van der Waals surface area contributed by atoms with Gasteiger partial charge in [-0.2, -0.15) is 0 Å². The summed E-state index contributed by atoms with van der Waals surface area (Å²) in [6.07, 6.45) is 5.80. The Balaban J connectivity index is 2.06. The molecule has 0 radical (unpaired) electrons. The maximum absolute atomic E-state index is 11.8. The highest BCUT2D eigenvalue weighted by atomic mass is 16.4. The van der Waals surface area contributed by atoms with Gasteiger partial charge in [0.25, 0.3) is 0 Å². The van der Waals surface area contributed by atoms with Crippen LogP contribution in [0.15, 0.2) is 21.3 Å². The van der Waals surface area contributed by atoms with E-state index in [1.807, 2.05) is 19.9 Å². The Morgan fingerprint density at radius 3 is 2.75 bits per heavy atom. The van der Waals surface area contributed by atoms with Crippen molar-refractivity contribution in [3.8, 4) is 5.75 Å². The first-order valence-corrected chi connectivity index (χ1v) is 9.17. The van der Waals surface area contributed by atoms with Crippen molar-refractivity contribution in [2.45, 2.75) is 65.5 Å². The zero-order chi connectivity index (χ0) is 17.3. The zero-order valence-electron chi connectivity index (χ0n) is 14.9. The Morgan fingerprint density at radius 2 is 2.04 bits per heavy atom. The van der Waals surface area contributed by atoms with Crippen LogP contribution in [-0.2, 0) is 13.0 Å². The van der Waals surface area contributed by atoms with E-state index in [4.69, 9.17) is 4.42 Å². The summed E-state index contributed by atoms with van der Waals surface area (Å²) in [7, 11) is 0. The normalized spacial score (nSPS) is 21.3. The first kappa shape index (κ1) is 17.0. The van der Waals surface area contributed by atoms with E-state index in [2.05, 4.69) is 6.92 Å². The molecule has 1 aromatic heterocycles. The van der Waals surface area contributed by atoms with Gasteiger partial charge in [-0.25, -0.2) is 4.79 Å². The maximum atomic E-state index is 11.8. The lowest BCUT2D eigenvalue weighted by molar-refractivity contribution is -0.944. The molecule has 3 rings (SSSR count). The summed E-state index contributed by atoms with van der Waals surface area (Å²) in [5.74, 6) is 0.284. The molecule has 1 unspecified atom stereocenters. The molecule has 1 aliphatic rings. The van der Waals surface area contributed by atoms with Gasteiger partial charge in [-0.05, 0) is 50.7 Å². The lowest BCUT2D eigenvalue weighted by Gasteiger charge is -2.32. The molecule has 24 heavy (non-hydrogen) atoms. The second kappa shape index (κ2) is 6.98. The highest BCUT2D eigenvalue weighted by Crippen LogP contribution is 2.31. The van der Waals surface area contributed by atoms with Crippen LogP contribution in [0.25, 0.3) is 11.0 Å². The van der Waals surface area contributed by atoms with Crippen molar-refractivity contribution in [1.82, 2.24) is 0 Å². The molecule has 1 aromatic carbocycles. The van der Waals surface area contributed by atoms with E-state index in [0.717, 1.165) is 29.5 Å². The number of likely N-dealkylation sites (tertiary alicyclic amines) is 1. The molecule has 1 fully saturated rings. The van der Waals surface area contributed by atoms with Gasteiger partial charge in [0.15, 0.2) is 0 Å². The fourth-order valence-electron chi connectivity index (χ4n) is 4.13. The number of hydrogen-bond acceptors (Lipinski definition) is 3. The second-order valence-corrected chi connectivity index (χ2v) is 7.02. The minimum absolute atomic E-state index is 0.284. The lowest BCUT2D eigenvalue weighted by atomic mass is 9.97. The Labute approximate surface area is 143 Å². The number of aromatic hydroxyl groups is 1. The molecule has 2 heterocycles. The van der Waals surface area contributed by atoms with Gasteiger partial charge >= 0.3 is 5.63 Å². The monoisotopic (exact) mass is 330 g/mol. The van der Waals surface area contributed by atoms with Crippen LogP contribution in [0.1, 0.15) is 56.2 Å². The summed E-state index contributed by atoms with van der Waals surface area (Å²) in [4.78, 5) is 13.3. The molecule has 0 amide bonds. The molecule has 0 spiro atoms. The van der Waals surface area contributed by atoms with Crippen LogP contribution >= 0.6 is 0 Å². The standard InChI is InChI=1S/C20H27NO3/c1-4-14-11-18(22)24-20-13(3)19(23)15(10-17(14)20)12-21-9-7-6-8-16(21)5-2/h10-11,16,23H,4-9,12H2,1-3H3/p+1/t16-/m1/s1. The van der Waals surface area contributed by atoms with Crippen LogP contribution in [-0.4, -0.2) is 17.7 Å². The van der Waals surface area contributed by atoms with E-state index >= 15 is 0 Å². The van der Waals surface area contributed by atoms with Gasteiger partial charge in [-0.1, -0.05) is 13.8 Å². The average Bonchev–Trinajstić information content (AvgIpc) is 2.60. The Kier molecular flexibility index (Phi) is 4.95. The predicted octanol–water partition coefficient (Wildman–Crippen LogP) is 2.72. The Hall–Kier alpha value is -1.81. The van der Waals surface area contributed by atoms with Gasteiger partial charge in [0.2, 0.25) is 0 Å². The molecule has 0 bridgehead atoms. The predicted molar refractivity (Wildman–Crippen MR) is 95.7 cm³/mol. The number of aryl methyl sites for hydroxylation is 2. The first-order valence-electron chi connectivity index (χ1n) is 9.17. The summed E-state index contributed by atoms with van der Waals surface area (Å²) in [6.45, 7) is 8.14. The highest BCUT2D eigenvalue weighted by Gasteiger charge is 2.26. The number of phenolic OH excluding ortho intramolecular Hbond substituents is 1. The van der Waals surface area contributed by atoms with E-state index in [9.17, 15) is 9.90 Å². The van der Waals surface area contributed by atoms with Crippen LogP contribution in [0.4, 0.5) is 0 Å². The largest absolute Gasteiger partial charge is 0.507 e. The number of benzene rings is 1. The van der Waals surface area contributed by atoms with Gasteiger partial charge in [0.1, 0.15) is 17.9 Å². The Bertz CT molecular complexity index is 794. The van der Waals surface area contributed by atoms with Crippen molar-refractivity contribution in [3.63, 3.8) is 0 Å². The number of hydrogen-bond donors (Lipinski definition) is 2. The highest BCUT2D eigenvalue weighted by molar-refractivity contribution is 5.86. The van der Waals surface area contributed by atoms with Crippen LogP contribution in [0.3, 0.4) is 0 Å². The van der Waals surface area contributed by atoms with Crippen molar-refractivity contribution in [2.75, 3.05) is 6.54 Å². The lowest BCUT2D eigenvalue weighted by Crippen LogP contribution is -3.15. The van der Waals surface area contributed by atoms with Gasteiger partial charge in [-0.15, -0.1) is 0 Å². The smallest absolute Gasteiger partial charge is 0.336 e. The number of rotatable bonds is 4. The summed E-state index contributed by atoms with van der Waals surface area (Å²) in [5.41, 5.74) is 2.83. The number of quaternary nitrogens is 1. The van der Waals surface area contributed by atoms with Gasteiger partial charge in [0.05, 0.1) is 12.6 Å². The van der Waals surface area contributed by atoms with E-state index in [1.54, 1.807) is 11.0 Å². The maximum Gasteiger partial charge on any atom is 0.336 e. The van der Waals surface area contributed by atoms with Crippen molar-refractivity contribution in [1.29, 1.82) is 0 Å². The van der Waals surface area contributed by atoms with Crippen LogP contribution in [0, 0.1) is 6.92 Å². The molecule has 1 aliphatic heterocycles. The Morgan fingerprint density at radius 1 is 1.25 bits per heavy atom. The number of piperidine rings is 1. The number of fused-ring (bicyclic) bond motifs is 1. The third kappa shape index (κ3) is 3.07. The quantitative estimate of drug-likeness (QED) is 0.848. The fourth-order valence-corrected chi connectivity index (χ4v) is 4.13. The average molecular weight is 330 g/mol. The van der Waals surface area contributed by atoms with Crippen LogP contribution < -0.4 is 10.5 Å². The van der Waals surface area contributed by atoms with E-state index in [1.165, 1.54) is 32.2 Å². The van der Waals surface area contributed by atoms with Crippen molar-refractivity contribution >= 4 is 11.0 Å². The summed E-state index contributed by atoms with van der Waals surface area (Å²) in [5, 5.41) is 11.6. The van der Waals surface area contributed by atoms with Crippen molar-refractivity contribution in [2.24, 2.45) is 0 Å². The molecule has 2 aromatic rings. The molecule has 1 saturated heterocycles. The fraction of sp³-hybridized carbons (Fsp3) is 0.550. The van der Waals surface area contributed by atoms with Crippen LogP contribution in [0.5, 0.6) is 5.75 Å². The SMILES string of the molecule is CCc1cc(=O)oc2c(C)c(O)c(C[NH+]3CCCC[C@H]3CC)cc12. The molecule has 0 saturated carbocycles. The first-order chi connectivity index (χ1) is 11.5. The molecule has 4 nitrogen and oxygen atoms in total. The summed E-state index contributed by atoms with van der Waals surface area (Å²) >= 11 is 0. The van der Waals surface area contributed by atoms with E-state index in [-0.39, 0.29) is 11.4 Å². The number of phenols is 1. The molecule has 130 valence electrons. The summed E-state index contributed by atoms with van der Waals surface area (Å²) in [6, 6.07) is 4.28. The minimum atomic E-state index is -0.345. The van der Waals surface area contributed by atoms with E-state index in [0.29, 0.717) is 17.2 Å². The third-order valence-corrected chi connectivity index (χ3v) is 5.57. The molecule has 2 atom stereocenters. The van der Waals surface area contributed by atoms with Gasteiger partial charge < -0.3 is 14.4 Å². The van der Waals surface area contributed by atoms with Crippen molar-refractivity contribution in [3.05, 3.63) is 39.2 Å². The van der Waals surface area contributed by atoms with E-state index < -0.39 is 0 Å². The van der Waals surface area contributed by atoms with Gasteiger partial charge in [-0.3, -0.25) is 0 Å². The topological polar surface area (TPSA) is 54.9 Å². The molecular formula is C20H28NO3+. The third-order valence-electron chi connectivity index (χ3n) is 5.57. The van der Waals surface area contributed by atoms with Crippen LogP contribution in [0.2, 0.25) is 0 Å². The number of nitrogens with one attached hydrogen (secondary N) is 1. The molecule has 2 N–H and O–H groups in total. The molecule has 0 aliphatic carbocycles. The minimum Gasteiger partial charge on any atom is -0.507 e. The molecular weight excluding hydrogens is 302 g/mol. The second-order valence-electron chi connectivity index (χ2n) is 7.02. The zero-order valence-corrected chi connectivity index (χ0v) is 14.9. The summed E-state index contributed by atoms with van der Waals surface area (Å²) < 4.78 is 5.38. The molecule has 4 heteroatoms.